The van der Waals surface area contributed by atoms with Gasteiger partial charge in [0.1, 0.15) is 6.17 Å². The van der Waals surface area contributed by atoms with Gasteiger partial charge in [0.2, 0.25) is 5.91 Å². The number of nitrogens with two attached hydrogens (primary N) is 3. The van der Waals surface area contributed by atoms with Crippen molar-refractivity contribution in [2.45, 2.75) is 25.1 Å². The van der Waals surface area contributed by atoms with Crippen molar-refractivity contribution in [2.75, 3.05) is 6.54 Å². The third-order valence-corrected chi connectivity index (χ3v) is 1.36. The van der Waals surface area contributed by atoms with Crippen LogP contribution in [0.15, 0.2) is 0 Å². The van der Waals surface area contributed by atoms with Gasteiger partial charge in [-0.3, -0.25) is 4.79 Å². The molecule has 0 spiro atoms. The van der Waals surface area contributed by atoms with E-state index >= 15 is 0 Å². The molecular weight excluding hydrogens is 149 g/mol. The van der Waals surface area contributed by atoms with Gasteiger partial charge in [-0.2, -0.15) is 0 Å². The number of halogens is 1. The highest BCUT2D eigenvalue weighted by atomic mass is 19.1. The van der Waals surface area contributed by atoms with Crippen LogP contribution >= 0.6 is 0 Å². The van der Waals surface area contributed by atoms with E-state index in [1.54, 1.807) is 0 Å². The van der Waals surface area contributed by atoms with Crippen LogP contribution in [0, 0.1) is 0 Å². The first-order valence-corrected chi connectivity index (χ1v) is 3.47. The van der Waals surface area contributed by atoms with Gasteiger partial charge in [0, 0.05) is 6.42 Å². The Morgan fingerprint density at radius 2 is 2.09 bits per heavy atom. The van der Waals surface area contributed by atoms with Gasteiger partial charge < -0.3 is 17.2 Å². The van der Waals surface area contributed by atoms with Crippen LogP contribution in [0.3, 0.4) is 0 Å². The second-order valence-corrected chi connectivity index (χ2v) is 2.42. The highest BCUT2D eigenvalue weighted by Gasteiger charge is 2.15. The van der Waals surface area contributed by atoms with Gasteiger partial charge in [0.15, 0.2) is 0 Å². The molecule has 0 aromatic carbocycles. The van der Waals surface area contributed by atoms with Gasteiger partial charge in [-0.1, -0.05) is 0 Å². The lowest BCUT2D eigenvalue weighted by molar-refractivity contribution is -0.119. The minimum Gasteiger partial charge on any atom is -0.368 e. The summed E-state index contributed by atoms with van der Waals surface area (Å²) in [4.78, 5) is 10.3. The summed E-state index contributed by atoms with van der Waals surface area (Å²) in [5, 5.41) is 0. The molecule has 11 heavy (non-hydrogen) atoms. The number of hydrogen-bond donors (Lipinski definition) is 3. The topological polar surface area (TPSA) is 95.1 Å². The number of rotatable bonds is 5. The van der Waals surface area contributed by atoms with Crippen LogP contribution in [0.1, 0.15) is 12.8 Å². The summed E-state index contributed by atoms with van der Waals surface area (Å²) in [6, 6.07) is -0.892. The van der Waals surface area contributed by atoms with Gasteiger partial charge in [-0.05, 0) is 13.0 Å². The molecule has 0 aromatic heterocycles. The zero-order valence-electron chi connectivity index (χ0n) is 6.29. The second-order valence-electron chi connectivity index (χ2n) is 2.42. The molecule has 0 heterocycles. The van der Waals surface area contributed by atoms with Crippen LogP contribution in [0.25, 0.3) is 0 Å². The Balaban J connectivity index is 3.56. The van der Waals surface area contributed by atoms with E-state index in [0.29, 0.717) is 0 Å². The van der Waals surface area contributed by atoms with E-state index in [1.807, 2.05) is 0 Å². The van der Waals surface area contributed by atoms with Gasteiger partial charge in [0.25, 0.3) is 0 Å². The predicted octanol–water partition coefficient (Wildman–Crippen LogP) is -1.12. The molecule has 0 aromatic rings. The lowest BCUT2D eigenvalue weighted by Gasteiger charge is -2.10. The lowest BCUT2D eigenvalue weighted by Crippen LogP contribution is -2.38. The van der Waals surface area contributed by atoms with Crippen molar-refractivity contribution < 1.29 is 9.18 Å². The second kappa shape index (κ2) is 5.03. The lowest BCUT2D eigenvalue weighted by atomic mass is 10.1. The van der Waals surface area contributed by atoms with Crippen LogP contribution in [0.2, 0.25) is 0 Å². The molecule has 2 unspecified atom stereocenters. The van der Waals surface area contributed by atoms with Crippen LogP contribution in [0.4, 0.5) is 4.39 Å². The molecule has 4 nitrogen and oxygen atoms in total. The van der Waals surface area contributed by atoms with Crippen molar-refractivity contribution in [1.29, 1.82) is 0 Å². The molecule has 1 amide bonds. The van der Waals surface area contributed by atoms with Crippen molar-refractivity contribution in [3.63, 3.8) is 0 Å². The minimum atomic E-state index is -1.12. The van der Waals surface area contributed by atoms with E-state index in [4.69, 9.17) is 17.2 Å². The smallest absolute Gasteiger partial charge is 0.234 e. The quantitative estimate of drug-likeness (QED) is 0.479. The Kier molecular flexibility index (Phi) is 4.72. The van der Waals surface area contributed by atoms with Crippen molar-refractivity contribution in [3.8, 4) is 0 Å². The molecule has 5 heteroatoms. The van der Waals surface area contributed by atoms with Gasteiger partial charge >= 0.3 is 0 Å². The fraction of sp³-hybridized carbons (Fsp3) is 0.833. The Bertz CT molecular complexity index is 131. The molecule has 6 N–H and O–H groups in total. The number of carbonyl (C=O) groups is 1. The minimum absolute atomic E-state index is 0.0352. The maximum absolute atomic E-state index is 12.6. The SMILES string of the molecule is NCCC(F)CC(N)C(N)=O. The monoisotopic (exact) mass is 163 g/mol. The maximum atomic E-state index is 12.6. The molecule has 0 aliphatic carbocycles. The average Bonchev–Trinajstić information content (AvgIpc) is 1.87. The highest BCUT2D eigenvalue weighted by Crippen LogP contribution is 2.03. The first kappa shape index (κ1) is 10.3. The van der Waals surface area contributed by atoms with E-state index in [0.717, 1.165) is 0 Å². The summed E-state index contributed by atoms with van der Waals surface area (Å²) < 4.78 is 12.6. The standard InChI is InChI=1S/C6H14FN3O/c7-4(1-2-8)3-5(9)6(10)11/h4-5H,1-3,8-9H2,(H2,10,11). The fourth-order valence-electron chi connectivity index (χ4n) is 0.690. The first-order chi connectivity index (χ1) is 5.07. The number of carbonyl (C=O) groups excluding carboxylic acids is 1. The molecule has 0 saturated carbocycles. The third kappa shape index (κ3) is 4.69. The summed E-state index contributed by atoms with van der Waals surface area (Å²) >= 11 is 0. The van der Waals surface area contributed by atoms with E-state index in [2.05, 4.69) is 0 Å². The molecule has 0 saturated heterocycles. The molecular formula is C6H14FN3O. The normalized spacial score (nSPS) is 15.9. The molecule has 0 radical (unpaired) electrons. The van der Waals surface area contributed by atoms with E-state index < -0.39 is 18.1 Å². The van der Waals surface area contributed by atoms with Crippen molar-refractivity contribution in [3.05, 3.63) is 0 Å². The van der Waals surface area contributed by atoms with E-state index in [-0.39, 0.29) is 19.4 Å². The van der Waals surface area contributed by atoms with Crippen LogP contribution in [-0.4, -0.2) is 24.7 Å². The first-order valence-electron chi connectivity index (χ1n) is 3.47. The molecule has 2 atom stereocenters. The van der Waals surface area contributed by atoms with Crippen molar-refractivity contribution in [2.24, 2.45) is 17.2 Å². The van der Waals surface area contributed by atoms with Gasteiger partial charge in [-0.25, -0.2) is 4.39 Å². The summed E-state index contributed by atoms with van der Waals surface area (Å²) in [6.07, 6.45) is -0.935. The van der Waals surface area contributed by atoms with E-state index in [1.165, 1.54) is 0 Å². The average molecular weight is 163 g/mol. The van der Waals surface area contributed by atoms with Crippen molar-refractivity contribution in [1.82, 2.24) is 0 Å². The molecule has 66 valence electrons. The fourth-order valence-corrected chi connectivity index (χ4v) is 0.690. The summed E-state index contributed by atoms with van der Waals surface area (Å²) in [5.74, 6) is -0.676. The molecule has 0 aliphatic heterocycles. The maximum Gasteiger partial charge on any atom is 0.234 e. The summed E-state index contributed by atoms with van der Waals surface area (Å²) in [6.45, 7) is 0.257. The summed E-state index contributed by atoms with van der Waals surface area (Å²) in [7, 11) is 0. The largest absolute Gasteiger partial charge is 0.368 e. The highest BCUT2D eigenvalue weighted by molar-refractivity contribution is 5.79. The number of alkyl halides is 1. The van der Waals surface area contributed by atoms with Gasteiger partial charge in [-0.15, -0.1) is 0 Å². The summed E-state index contributed by atoms with van der Waals surface area (Å²) in [5.41, 5.74) is 15.1. The Morgan fingerprint density at radius 3 is 2.45 bits per heavy atom. The number of hydrogen-bond acceptors (Lipinski definition) is 3. The Morgan fingerprint density at radius 1 is 1.55 bits per heavy atom. The van der Waals surface area contributed by atoms with Crippen LogP contribution in [-0.2, 0) is 4.79 Å². The molecule has 0 bridgehead atoms. The number of primary amides is 1. The predicted molar refractivity (Wildman–Crippen MR) is 40.4 cm³/mol. The van der Waals surface area contributed by atoms with Crippen molar-refractivity contribution >= 4 is 5.91 Å². The Labute approximate surface area is 64.9 Å². The van der Waals surface area contributed by atoms with Gasteiger partial charge in [0.05, 0.1) is 6.04 Å². The Hall–Kier alpha value is -0.680. The van der Waals surface area contributed by atoms with E-state index in [9.17, 15) is 9.18 Å². The molecule has 0 rings (SSSR count). The zero-order valence-corrected chi connectivity index (χ0v) is 6.29. The number of amides is 1. The van der Waals surface area contributed by atoms with Crippen LogP contribution < -0.4 is 17.2 Å². The molecule has 0 aliphatic rings. The zero-order chi connectivity index (χ0) is 8.85. The van der Waals surface area contributed by atoms with Crippen LogP contribution in [0.5, 0.6) is 0 Å². The molecule has 0 fully saturated rings. The third-order valence-electron chi connectivity index (χ3n) is 1.36.